The smallest absolute Gasteiger partial charge is 0.414 e. The molecular formula is C17H16N4O5. The van der Waals surface area contributed by atoms with Crippen LogP contribution in [-0.4, -0.2) is 28.8 Å². The van der Waals surface area contributed by atoms with Gasteiger partial charge in [0.25, 0.3) is 5.69 Å². The summed E-state index contributed by atoms with van der Waals surface area (Å²) < 4.78 is 5.35. The molecule has 0 radical (unpaired) electrons. The average Bonchev–Trinajstić information content (AvgIpc) is 2.58. The van der Waals surface area contributed by atoms with Crippen molar-refractivity contribution >= 4 is 28.9 Å². The van der Waals surface area contributed by atoms with Gasteiger partial charge < -0.3 is 10.5 Å². The fourth-order valence-corrected chi connectivity index (χ4v) is 3.04. The fourth-order valence-electron chi connectivity index (χ4n) is 3.04. The van der Waals surface area contributed by atoms with Crippen LogP contribution >= 0.6 is 0 Å². The van der Waals surface area contributed by atoms with Gasteiger partial charge in [0.2, 0.25) is 5.78 Å². The van der Waals surface area contributed by atoms with E-state index in [1.165, 1.54) is 37.6 Å². The normalized spacial score (nSPS) is 15.2. The zero-order chi connectivity index (χ0) is 19.2. The number of hydrogen-bond donors (Lipinski definition) is 1. The number of cyclic esters (lactones) is 1. The summed E-state index contributed by atoms with van der Waals surface area (Å²) in [6.07, 6.45) is 2.16. The number of hydrogen-bond acceptors (Lipinski definition) is 7. The lowest BCUT2D eigenvalue weighted by Crippen LogP contribution is -2.42. The molecule has 2 aromatic rings. The van der Waals surface area contributed by atoms with Gasteiger partial charge >= 0.3 is 6.09 Å². The lowest BCUT2D eigenvalue weighted by Gasteiger charge is -2.37. The fraction of sp³-hybridized carbons (Fsp3) is 0.235. The highest BCUT2D eigenvalue weighted by molar-refractivity contribution is 6.16. The van der Waals surface area contributed by atoms with Crippen molar-refractivity contribution in [1.82, 2.24) is 4.98 Å². The zero-order valence-electron chi connectivity index (χ0n) is 14.3. The lowest BCUT2D eigenvalue weighted by molar-refractivity contribution is -0.385. The summed E-state index contributed by atoms with van der Waals surface area (Å²) in [5.74, 6) is -0.602. The standard InChI is InChI=1S/C17H16N4O5/c1-17(2)13-11(20(3)16(23)26-17)8-10(21(24)25)12(14(13)18)15(22)9-4-6-19-7-5-9/h4-8H,18H2,1-3H3. The van der Waals surface area contributed by atoms with Crippen molar-refractivity contribution in [3.05, 3.63) is 57.4 Å². The number of carbonyl (C=O) groups excluding carboxylic acids is 2. The van der Waals surface area contributed by atoms with Gasteiger partial charge in [0.05, 0.1) is 16.3 Å². The molecule has 9 heteroatoms. The molecule has 134 valence electrons. The molecule has 3 rings (SSSR count). The van der Waals surface area contributed by atoms with Crippen LogP contribution in [0.1, 0.15) is 35.3 Å². The molecule has 1 aromatic heterocycles. The van der Waals surface area contributed by atoms with E-state index in [4.69, 9.17) is 10.5 Å². The monoisotopic (exact) mass is 356 g/mol. The molecular weight excluding hydrogens is 340 g/mol. The molecule has 0 spiro atoms. The average molecular weight is 356 g/mol. The summed E-state index contributed by atoms with van der Waals surface area (Å²) >= 11 is 0. The van der Waals surface area contributed by atoms with Crippen LogP contribution in [0.2, 0.25) is 0 Å². The number of ether oxygens (including phenoxy) is 1. The van der Waals surface area contributed by atoms with Gasteiger partial charge in [0.15, 0.2) is 0 Å². The molecule has 9 nitrogen and oxygen atoms in total. The molecule has 0 saturated heterocycles. The van der Waals surface area contributed by atoms with Crippen LogP contribution in [0.25, 0.3) is 0 Å². The van der Waals surface area contributed by atoms with E-state index in [2.05, 4.69) is 4.98 Å². The Morgan fingerprint density at radius 3 is 2.54 bits per heavy atom. The largest absolute Gasteiger partial charge is 0.438 e. The summed E-state index contributed by atoms with van der Waals surface area (Å²) in [4.78, 5) is 40.8. The molecule has 0 unspecified atom stereocenters. The Labute approximate surface area is 148 Å². The minimum atomic E-state index is -1.15. The maximum Gasteiger partial charge on any atom is 0.414 e. The third-order valence-corrected chi connectivity index (χ3v) is 4.27. The van der Waals surface area contributed by atoms with Crippen molar-refractivity contribution in [1.29, 1.82) is 0 Å². The SMILES string of the molecule is CN1C(=O)OC(C)(C)c2c1cc([N+](=O)[O-])c(C(=O)c1ccncc1)c2N. The number of benzene rings is 1. The van der Waals surface area contributed by atoms with Gasteiger partial charge in [-0.25, -0.2) is 4.79 Å². The molecule has 0 bridgehead atoms. The number of nitrogen functional groups attached to an aromatic ring is 1. The topological polar surface area (TPSA) is 129 Å². The quantitative estimate of drug-likeness (QED) is 0.387. The zero-order valence-corrected chi connectivity index (χ0v) is 14.3. The van der Waals surface area contributed by atoms with Crippen molar-refractivity contribution in [3.8, 4) is 0 Å². The molecule has 0 aliphatic carbocycles. The third kappa shape index (κ3) is 2.53. The van der Waals surface area contributed by atoms with E-state index in [1.807, 2.05) is 0 Å². The Morgan fingerprint density at radius 1 is 1.35 bits per heavy atom. The van der Waals surface area contributed by atoms with E-state index >= 15 is 0 Å². The maximum absolute atomic E-state index is 12.9. The highest BCUT2D eigenvalue weighted by Gasteiger charge is 2.42. The van der Waals surface area contributed by atoms with E-state index in [9.17, 15) is 19.7 Å². The number of nitro benzene ring substituents is 1. The second kappa shape index (κ2) is 5.80. The van der Waals surface area contributed by atoms with Crippen LogP contribution in [0.5, 0.6) is 0 Å². The molecule has 0 saturated carbocycles. The summed E-state index contributed by atoms with van der Waals surface area (Å²) in [6.45, 7) is 3.22. The number of nitrogens with two attached hydrogens (primary N) is 1. The van der Waals surface area contributed by atoms with Gasteiger partial charge in [0, 0.05) is 36.6 Å². The number of pyridine rings is 1. The number of rotatable bonds is 3. The van der Waals surface area contributed by atoms with Crippen molar-refractivity contribution in [2.45, 2.75) is 19.4 Å². The Kier molecular flexibility index (Phi) is 3.87. The van der Waals surface area contributed by atoms with Crippen LogP contribution in [-0.2, 0) is 10.3 Å². The molecule has 1 aliphatic heterocycles. The Hall–Kier alpha value is -3.49. The van der Waals surface area contributed by atoms with Gasteiger partial charge in [0.1, 0.15) is 11.2 Å². The molecule has 1 amide bonds. The first kappa shape index (κ1) is 17.3. The Morgan fingerprint density at radius 2 is 1.96 bits per heavy atom. The number of aromatic nitrogens is 1. The van der Waals surface area contributed by atoms with Crippen LogP contribution in [0, 0.1) is 10.1 Å². The minimum absolute atomic E-state index is 0.0830. The Bertz CT molecular complexity index is 940. The van der Waals surface area contributed by atoms with Crippen LogP contribution in [0.3, 0.4) is 0 Å². The van der Waals surface area contributed by atoms with Gasteiger partial charge in [-0.3, -0.25) is 24.8 Å². The number of anilines is 2. The highest BCUT2D eigenvalue weighted by atomic mass is 16.6. The summed E-state index contributed by atoms with van der Waals surface area (Å²) in [5, 5.41) is 11.6. The molecule has 2 heterocycles. The van der Waals surface area contributed by atoms with E-state index in [1.54, 1.807) is 13.8 Å². The second-order valence-corrected chi connectivity index (χ2v) is 6.34. The van der Waals surface area contributed by atoms with Crippen molar-refractivity contribution in [2.24, 2.45) is 0 Å². The number of fused-ring (bicyclic) bond motifs is 1. The predicted octanol–water partition coefficient (Wildman–Crippen LogP) is 2.62. The summed E-state index contributed by atoms with van der Waals surface area (Å²) in [7, 11) is 1.42. The van der Waals surface area contributed by atoms with Gasteiger partial charge in [-0.05, 0) is 26.0 Å². The van der Waals surface area contributed by atoms with Crippen LogP contribution in [0.4, 0.5) is 21.9 Å². The predicted molar refractivity (Wildman–Crippen MR) is 93.1 cm³/mol. The molecule has 26 heavy (non-hydrogen) atoms. The van der Waals surface area contributed by atoms with Crippen molar-refractivity contribution in [3.63, 3.8) is 0 Å². The third-order valence-electron chi connectivity index (χ3n) is 4.27. The molecule has 0 atom stereocenters. The first-order chi connectivity index (χ1) is 12.1. The summed E-state index contributed by atoms with van der Waals surface area (Å²) in [5.41, 5.74) is 5.07. The van der Waals surface area contributed by atoms with Gasteiger partial charge in [-0.1, -0.05) is 0 Å². The minimum Gasteiger partial charge on any atom is -0.438 e. The van der Waals surface area contributed by atoms with E-state index in [-0.39, 0.29) is 22.5 Å². The molecule has 2 N–H and O–H groups in total. The first-order valence-corrected chi connectivity index (χ1v) is 7.68. The molecule has 1 aromatic carbocycles. The van der Waals surface area contributed by atoms with Crippen LogP contribution < -0.4 is 10.6 Å². The van der Waals surface area contributed by atoms with Crippen molar-refractivity contribution in [2.75, 3.05) is 17.7 Å². The maximum atomic E-state index is 12.9. The first-order valence-electron chi connectivity index (χ1n) is 7.68. The number of ketones is 1. The number of carbonyl (C=O) groups is 2. The number of nitro groups is 1. The van der Waals surface area contributed by atoms with Crippen LogP contribution in [0.15, 0.2) is 30.6 Å². The van der Waals surface area contributed by atoms with Crippen molar-refractivity contribution < 1.29 is 19.2 Å². The molecule has 0 fully saturated rings. The number of amides is 1. The highest BCUT2D eigenvalue weighted by Crippen LogP contribution is 2.46. The van der Waals surface area contributed by atoms with E-state index in [0.717, 1.165) is 4.90 Å². The summed E-state index contributed by atoms with van der Waals surface area (Å²) in [6, 6.07) is 4.08. The van der Waals surface area contributed by atoms with E-state index in [0.29, 0.717) is 5.56 Å². The second-order valence-electron chi connectivity index (χ2n) is 6.34. The lowest BCUT2D eigenvalue weighted by atomic mass is 9.87. The van der Waals surface area contributed by atoms with E-state index < -0.39 is 28.1 Å². The van der Waals surface area contributed by atoms with Gasteiger partial charge in [-0.15, -0.1) is 0 Å². The molecule has 1 aliphatic rings. The Balaban J connectivity index is 2.34. The van der Waals surface area contributed by atoms with Gasteiger partial charge in [-0.2, -0.15) is 0 Å². The number of nitrogens with zero attached hydrogens (tertiary/aromatic N) is 3.